The van der Waals surface area contributed by atoms with Gasteiger partial charge in [0.25, 0.3) is 0 Å². The van der Waals surface area contributed by atoms with Crippen LogP contribution in [0.3, 0.4) is 0 Å². The molecule has 1 aliphatic rings. The smallest absolute Gasteiger partial charge is 0.321 e. The molecule has 24 heavy (non-hydrogen) atoms. The van der Waals surface area contributed by atoms with Crippen molar-refractivity contribution in [3.63, 3.8) is 0 Å². The van der Waals surface area contributed by atoms with Crippen molar-refractivity contribution >= 4 is 40.2 Å². The molecular formula is C16H21N3O3S2. The fourth-order valence-electron chi connectivity index (χ4n) is 2.55. The van der Waals surface area contributed by atoms with Crippen LogP contribution >= 0.6 is 24.0 Å². The largest absolute Gasteiger partial charge is 0.480 e. The predicted molar refractivity (Wildman–Crippen MR) is 98.5 cm³/mol. The minimum Gasteiger partial charge on any atom is -0.480 e. The number of carboxylic acids is 1. The van der Waals surface area contributed by atoms with Crippen molar-refractivity contribution in [1.29, 1.82) is 0 Å². The SMILES string of the molecule is NC(=O)CCC(C(=O)O)N1CSC(=S)N(CCc2ccccc2)C1. The average Bonchev–Trinajstić information content (AvgIpc) is 2.55. The van der Waals surface area contributed by atoms with E-state index in [2.05, 4.69) is 12.1 Å². The molecule has 2 rings (SSSR count). The Balaban J connectivity index is 1.96. The monoisotopic (exact) mass is 367 g/mol. The Hall–Kier alpha value is -1.64. The van der Waals surface area contributed by atoms with Crippen LogP contribution in [-0.4, -0.2) is 56.2 Å². The quantitative estimate of drug-likeness (QED) is 0.673. The van der Waals surface area contributed by atoms with Gasteiger partial charge in [0.05, 0.1) is 12.5 Å². The third-order valence-corrected chi connectivity index (χ3v) is 5.45. The highest BCUT2D eigenvalue weighted by atomic mass is 32.2. The lowest BCUT2D eigenvalue weighted by molar-refractivity contribution is -0.143. The average molecular weight is 367 g/mol. The van der Waals surface area contributed by atoms with Crippen molar-refractivity contribution in [3.05, 3.63) is 35.9 Å². The van der Waals surface area contributed by atoms with E-state index in [4.69, 9.17) is 18.0 Å². The van der Waals surface area contributed by atoms with Crippen molar-refractivity contribution in [2.45, 2.75) is 25.3 Å². The summed E-state index contributed by atoms with van der Waals surface area (Å²) in [4.78, 5) is 26.3. The van der Waals surface area contributed by atoms with Gasteiger partial charge in [-0.2, -0.15) is 0 Å². The zero-order valence-corrected chi connectivity index (χ0v) is 14.9. The summed E-state index contributed by atoms with van der Waals surface area (Å²) < 4.78 is 0.779. The fourth-order valence-corrected chi connectivity index (χ4v) is 3.72. The van der Waals surface area contributed by atoms with E-state index in [0.717, 1.165) is 17.3 Å². The summed E-state index contributed by atoms with van der Waals surface area (Å²) in [6, 6.07) is 9.36. The van der Waals surface area contributed by atoms with E-state index < -0.39 is 17.9 Å². The Kier molecular flexibility index (Phi) is 7.01. The van der Waals surface area contributed by atoms with E-state index in [-0.39, 0.29) is 12.8 Å². The van der Waals surface area contributed by atoms with Gasteiger partial charge in [0.2, 0.25) is 5.91 Å². The molecule has 0 saturated carbocycles. The molecule has 1 unspecified atom stereocenters. The van der Waals surface area contributed by atoms with Gasteiger partial charge in [-0.25, -0.2) is 0 Å². The fraction of sp³-hybridized carbons (Fsp3) is 0.438. The molecule has 1 atom stereocenters. The topological polar surface area (TPSA) is 86.9 Å². The number of nitrogens with two attached hydrogens (primary N) is 1. The van der Waals surface area contributed by atoms with Crippen LogP contribution in [0.1, 0.15) is 18.4 Å². The summed E-state index contributed by atoms with van der Waals surface area (Å²) in [5, 5.41) is 9.44. The number of rotatable bonds is 8. The molecule has 1 aliphatic heterocycles. The summed E-state index contributed by atoms with van der Waals surface area (Å²) in [5.41, 5.74) is 6.36. The Labute approximate surface area is 151 Å². The second-order valence-corrected chi connectivity index (χ2v) is 7.21. The predicted octanol–water partition coefficient (Wildman–Crippen LogP) is 1.50. The maximum absolute atomic E-state index is 11.5. The molecule has 1 saturated heterocycles. The van der Waals surface area contributed by atoms with Crippen LogP contribution in [0.25, 0.3) is 0 Å². The zero-order valence-electron chi connectivity index (χ0n) is 13.3. The van der Waals surface area contributed by atoms with Gasteiger partial charge in [0, 0.05) is 13.0 Å². The number of amides is 1. The zero-order chi connectivity index (χ0) is 17.5. The van der Waals surface area contributed by atoms with Crippen molar-refractivity contribution in [2.24, 2.45) is 5.73 Å². The highest BCUT2D eigenvalue weighted by Crippen LogP contribution is 2.23. The van der Waals surface area contributed by atoms with E-state index in [9.17, 15) is 14.7 Å². The number of primary amides is 1. The number of thiocarbonyl (C=S) groups is 1. The lowest BCUT2D eigenvalue weighted by atomic mass is 10.1. The molecule has 1 heterocycles. The number of carbonyl (C=O) groups is 2. The Morgan fingerprint density at radius 3 is 2.67 bits per heavy atom. The van der Waals surface area contributed by atoms with Crippen molar-refractivity contribution in [1.82, 2.24) is 9.80 Å². The van der Waals surface area contributed by atoms with Gasteiger partial charge in [-0.05, 0) is 18.4 Å². The van der Waals surface area contributed by atoms with Crippen LogP contribution in [0.2, 0.25) is 0 Å². The second kappa shape index (κ2) is 9.00. The van der Waals surface area contributed by atoms with Crippen LogP contribution in [-0.2, 0) is 16.0 Å². The molecule has 1 amide bonds. The van der Waals surface area contributed by atoms with E-state index in [1.807, 2.05) is 28.0 Å². The van der Waals surface area contributed by atoms with E-state index >= 15 is 0 Å². The van der Waals surface area contributed by atoms with Crippen molar-refractivity contribution < 1.29 is 14.7 Å². The molecule has 130 valence electrons. The first-order chi connectivity index (χ1) is 11.5. The van der Waals surface area contributed by atoms with Crippen LogP contribution in [0.4, 0.5) is 0 Å². The summed E-state index contributed by atoms with van der Waals surface area (Å²) in [6.07, 6.45) is 1.12. The number of benzene rings is 1. The lowest BCUT2D eigenvalue weighted by Crippen LogP contribution is -2.52. The summed E-state index contributed by atoms with van der Waals surface area (Å²) in [5.74, 6) is -0.911. The van der Waals surface area contributed by atoms with Crippen LogP contribution in [0, 0.1) is 0 Å². The van der Waals surface area contributed by atoms with Crippen molar-refractivity contribution in [2.75, 3.05) is 19.1 Å². The molecule has 6 nitrogen and oxygen atoms in total. The van der Waals surface area contributed by atoms with Gasteiger partial charge in [-0.1, -0.05) is 54.3 Å². The number of thioether (sulfide) groups is 1. The second-order valence-electron chi connectivity index (χ2n) is 5.63. The first-order valence-corrected chi connectivity index (χ1v) is 9.07. The Morgan fingerprint density at radius 1 is 1.33 bits per heavy atom. The summed E-state index contributed by atoms with van der Waals surface area (Å²) >= 11 is 6.85. The number of carbonyl (C=O) groups excluding carboxylic acids is 1. The molecule has 3 N–H and O–H groups in total. The first kappa shape index (κ1) is 18.7. The van der Waals surface area contributed by atoms with Gasteiger partial charge in [0.15, 0.2) is 0 Å². The summed E-state index contributed by atoms with van der Waals surface area (Å²) in [6.45, 7) is 1.18. The Bertz CT molecular complexity index is 597. The molecule has 1 fully saturated rings. The molecule has 8 heteroatoms. The molecule has 0 radical (unpaired) electrons. The molecule has 0 aliphatic carbocycles. The number of hydrogen-bond donors (Lipinski definition) is 2. The molecule has 1 aromatic carbocycles. The molecule has 1 aromatic rings. The minimum atomic E-state index is -0.937. The van der Waals surface area contributed by atoms with Crippen LogP contribution in [0.5, 0.6) is 0 Å². The third-order valence-electron chi connectivity index (χ3n) is 3.87. The van der Waals surface area contributed by atoms with E-state index in [1.165, 1.54) is 17.3 Å². The van der Waals surface area contributed by atoms with Crippen LogP contribution in [0.15, 0.2) is 30.3 Å². The maximum atomic E-state index is 11.5. The first-order valence-electron chi connectivity index (χ1n) is 7.68. The standard InChI is InChI=1S/C16H21N3O3S2/c17-14(20)7-6-13(15(21)22)19-10-18(16(23)24-11-19)9-8-12-4-2-1-3-5-12/h1-5,13H,6-11H2,(H2,17,20)(H,21,22). The van der Waals surface area contributed by atoms with Gasteiger partial charge >= 0.3 is 5.97 Å². The minimum absolute atomic E-state index is 0.0621. The highest BCUT2D eigenvalue weighted by Gasteiger charge is 2.31. The molecule has 0 aromatic heterocycles. The van der Waals surface area contributed by atoms with E-state index in [0.29, 0.717) is 12.5 Å². The third kappa shape index (κ3) is 5.47. The van der Waals surface area contributed by atoms with Crippen molar-refractivity contribution in [3.8, 4) is 0 Å². The van der Waals surface area contributed by atoms with Gasteiger partial charge in [-0.15, -0.1) is 0 Å². The normalized spacial score (nSPS) is 16.8. The molecule has 0 bridgehead atoms. The highest BCUT2D eigenvalue weighted by molar-refractivity contribution is 8.22. The van der Waals surface area contributed by atoms with E-state index in [1.54, 1.807) is 0 Å². The molecule has 0 spiro atoms. The van der Waals surface area contributed by atoms with Gasteiger partial charge < -0.3 is 15.7 Å². The maximum Gasteiger partial charge on any atom is 0.321 e. The number of nitrogens with zero attached hydrogens (tertiary/aromatic N) is 2. The summed E-state index contributed by atoms with van der Waals surface area (Å²) in [7, 11) is 0. The van der Waals surface area contributed by atoms with Gasteiger partial charge in [0.1, 0.15) is 10.4 Å². The van der Waals surface area contributed by atoms with Crippen LogP contribution < -0.4 is 5.73 Å². The number of hydrogen-bond acceptors (Lipinski definition) is 5. The molecular weight excluding hydrogens is 346 g/mol. The number of aliphatic carboxylic acids is 1. The number of carboxylic acid groups (broad SMARTS) is 1. The lowest BCUT2D eigenvalue weighted by Gasteiger charge is -2.39. The van der Waals surface area contributed by atoms with Gasteiger partial charge in [-0.3, -0.25) is 14.5 Å². The Morgan fingerprint density at radius 2 is 2.04 bits per heavy atom.